The van der Waals surface area contributed by atoms with Gasteiger partial charge in [0.1, 0.15) is 15.9 Å². The first-order chi connectivity index (χ1) is 10.2. The van der Waals surface area contributed by atoms with Crippen LogP contribution in [0.3, 0.4) is 0 Å². The smallest absolute Gasteiger partial charge is 0.242 e. The molecule has 1 atom stereocenters. The Morgan fingerprint density at radius 2 is 2.23 bits per heavy atom. The maximum absolute atomic E-state index is 12.4. The van der Waals surface area contributed by atoms with Crippen molar-refractivity contribution in [3.8, 4) is 0 Å². The van der Waals surface area contributed by atoms with Crippen LogP contribution in [0.1, 0.15) is 19.3 Å². The van der Waals surface area contributed by atoms with E-state index in [9.17, 15) is 8.42 Å². The highest BCUT2D eigenvalue weighted by molar-refractivity contribution is 7.89. The van der Waals surface area contributed by atoms with Crippen LogP contribution in [0.15, 0.2) is 23.1 Å². The van der Waals surface area contributed by atoms with Crippen LogP contribution in [0.25, 0.3) is 11.0 Å². The van der Waals surface area contributed by atoms with Gasteiger partial charge in [-0.15, -0.1) is 12.4 Å². The summed E-state index contributed by atoms with van der Waals surface area (Å²) in [5.41, 5.74) is 1.08. The highest BCUT2D eigenvalue weighted by Crippen LogP contribution is 2.21. The molecule has 1 aromatic carbocycles. The number of sulfonamides is 1. The van der Waals surface area contributed by atoms with Crippen molar-refractivity contribution in [3.63, 3.8) is 0 Å². The molecule has 1 aliphatic heterocycles. The molecule has 2 aromatic rings. The molecule has 1 fully saturated rings. The molecule has 0 amide bonds. The number of rotatable bonds is 5. The van der Waals surface area contributed by atoms with E-state index in [0.29, 0.717) is 23.5 Å². The zero-order valence-corrected chi connectivity index (χ0v) is 14.4. The second kappa shape index (κ2) is 7.65. The van der Waals surface area contributed by atoms with Gasteiger partial charge < -0.3 is 5.32 Å². The van der Waals surface area contributed by atoms with E-state index in [1.807, 2.05) is 0 Å². The Hall–Kier alpha value is -0.800. The normalized spacial score (nSPS) is 19.0. The van der Waals surface area contributed by atoms with Crippen LogP contribution in [0.4, 0.5) is 0 Å². The van der Waals surface area contributed by atoms with Crippen LogP contribution in [-0.4, -0.2) is 36.8 Å². The molecule has 0 aliphatic carbocycles. The van der Waals surface area contributed by atoms with Crippen LogP contribution in [0.5, 0.6) is 0 Å². The molecular formula is C13H19ClN4O2S2. The van der Waals surface area contributed by atoms with Crippen LogP contribution < -0.4 is 10.0 Å². The van der Waals surface area contributed by atoms with Crippen LogP contribution >= 0.6 is 24.1 Å². The fourth-order valence-corrected chi connectivity index (χ4v) is 4.46. The minimum atomic E-state index is -3.52. The van der Waals surface area contributed by atoms with Crippen molar-refractivity contribution in [1.82, 2.24) is 18.8 Å². The van der Waals surface area contributed by atoms with Gasteiger partial charge in [0.2, 0.25) is 10.0 Å². The Balaban J connectivity index is 0.00000176. The van der Waals surface area contributed by atoms with Crippen molar-refractivity contribution >= 4 is 45.2 Å². The topological polar surface area (TPSA) is 84.0 Å². The van der Waals surface area contributed by atoms with E-state index in [1.165, 1.54) is 12.8 Å². The Kier molecular flexibility index (Phi) is 6.10. The van der Waals surface area contributed by atoms with Crippen molar-refractivity contribution in [2.24, 2.45) is 5.92 Å². The summed E-state index contributed by atoms with van der Waals surface area (Å²) in [7, 11) is -3.52. The summed E-state index contributed by atoms with van der Waals surface area (Å²) in [6.07, 6.45) is 3.19. The largest absolute Gasteiger partial charge is 0.316 e. The molecule has 9 heteroatoms. The Bertz CT molecular complexity index is 714. The Morgan fingerprint density at radius 1 is 1.36 bits per heavy atom. The minimum absolute atomic E-state index is 0. The number of hydrogen-bond donors (Lipinski definition) is 2. The predicted molar refractivity (Wildman–Crippen MR) is 90.1 cm³/mol. The average Bonchev–Trinajstić information content (AvgIpc) is 2.96. The number of nitrogens with one attached hydrogen (secondary N) is 2. The number of fused-ring (bicyclic) bond motifs is 1. The van der Waals surface area contributed by atoms with Crippen molar-refractivity contribution < 1.29 is 8.42 Å². The summed E-state index contributed by atoms with van der Waals surface area (Å²) in [4.78, 5) is 0.218. The van der Waals surface area contributed by atoms with Crippen molar-refractivity contribution in [2.75, 3.05) is 19.6 Å². The first-order valence-corrected chi connectivity index (χ1v) is 9.30. The van der Waals surface area contributed by atoms with Crippen LogP contribution in [-0.2, 0) is 10.0 Å². The highest BCUT2D eigenvalue weighted by atomic mass is 35.5. The van der Waals surface area contributed by atoms with Crippen molar-refractivity contribution in [3.05, 3.63) is 18.2 Å². The van der Waals surface area contributed by atoms with Crippen LogP contribution in [0, 0.1) is 5.92 Å². The molecule has 6 nitrogen and oxygen atoms in total. The number of hydrogen-bond acceptors (Lipinski definition) is 6. The monoisotopic (exact) mass is 362 g/mol. The molecule has 0 saturated carbocycles. The number of halogens is 1. The van der Waals surface area contributed by atoms with Gasteiger partial charge in [0.05, 0.1) is 11.7 Å². The molecule has 3 rings (SSSR count). The SMILES string of the molecule is Cl.O=S(=O)(NCCC1CCCNC1)c1cccc2nsnc12. The fourth-order valence-electron chi connectivity index (χ4n) is 2.64. The van der Waals surface area contributed by atoms with E-state index >= 15 is 0 Å². The summed E-state index contributed by atoms with van der Waals surface area (Å²) < 4.78 is 35.6. The van der Waals surface area contributed by atoms with Gasteiger partial charge in [-0.25, -0.2) is 13.1 Å². The molecule has 1 saturated heterocycles. The van der Waals surface area contributed by atoms with E-state index in [-0.39, 0.29) is 17.3 Å². The molecular weight excluding hydrogens is 344 g/mol. The number of piperidine rings is 1. The third-order valence-electron chi connectivity index (χ3n) is 3.78. The molecule has 22 heavy (non-hydrogen) atoms. The molecule has 1 aliphatic rings. The summed E-state index contributed by atoms with van der Waals surface area (Å²) in [6, 6.07) is 5.04. The number of benzene rings is 1. The van der Waals surface area contributed by atoms with E-state index in [0.717, 1.165) is 31.2 Å². The summed E-state index contributed by atoms with van der Waals surface area (Å²) in [6.45, 7) is 2.51. The number of nitrogens with zero attached hydrogens (tertiary/aromatic N) is 2. The first-order valence-electron chi connectivity index (χ1n) is 7.08. The van der Waals surface area contributed by atoms with Gasteiger partial charge in [0.25, 0.3) is 0 Å². The summed E-state index contributed by atoms with van der Waals surface area (Å²) in [5, 5.41) is 3.34. The molecule has 2 N–H and O–H groups in total. The van der Waals surface area contributed by atoms with Gasteiger partial charge in [-0.2, -0.15) is 8.75 Å². The second-order valence-electron chi connectivity index (χ2n) is 5.29. The van der Waals surface area contributed by atoms with E-state index in [4.69, 9.17) is 0 Å². The Labute approximate surface area is 140 Å². The van der Waals surface area contributed by atoms with Gasteiger partial charge in [0, 0.05) is 6.54 Å². The lowest BCUT2D eigenvalue weighted by molar-refractivity contribution is 0.358. The number of aromatic nitrogens is 2. The Morgan fingerprint density at radius 3 is 3.00 bits per heavy atom. The lowest BCUT2D eigenvalue weighted by atomic mass is 9.96. The van der Waals surface area contributed by atoms with Gasteiger partial charge in [-0.3, -0.25) is 0 Å². The maximum Gasteiger partial charge on any atom is 0.242 e. The quantitative estimate of drug-likeness (QED) is 0.847. The molecule has 1 unspecified atom stereocenters. The lowest BCUT2D eigenvalue weighted by Gasteiger charge is -2.22. The van der Waals surface area contributed by atoms with Gasteiger partial charge in [-0.1, -0.05) is 6.07 Å². The highest BCUT2D eigenvalue weighted by Gasteiger charge is 2.20. The van der Waals surface area contributed by atoms with E-state index in [1.54, 1.807) is 18.2 Å². The maximum atomic E-state index is 12.4. The zero-order valence-electron chi connectivity index (χ0n) is 12.0. The second-order valence-corrected chi connectivity index (χ2v) is 7.55. The van der Waals surface area contributed by atoms with Crippen molar-refractivity contribution in [2.45, 2.75) is 24.2 Å². The lowest BCUT2D eigenvalue weighted by Crippen LogP contribution is -2.33. The van der Waals surface area contributed by atoms with Gasteiger partial charge in [0.15, 0.2) is 0 Å². The minimum Gasteiger partial charge on any atom is -0.316 e. The van der Waals surface area contributed by atoms with Crippen molar-refractivity contribution in [1.29, 1.82) is 0 Å². The predicted octanol–water partition coefficient (Wildman–Crippen LogP) is 1.78. The average molecular weight is 363 g/mol. The molecule has 0 spiro atoms. The third-order valence-corrected chi connectivity index (χ3v) is 5.82. The van der Waals surface area contributed by atoms with E-state index < -0.39 is 10.0 Å². The summed E-state index contributed by atoms with van der Waals surface area (Å²) in [5.74, 6) is 0.554. The molecule has 2 heterocycles. The standard InChI is InChI=1S/C13H18N4O2S2.ClH/c18-21(19,15-8-6-10-3-2-7-14-9-10)12-5-1-4-11-13(12)17-20-16-11;/h1,4-5,10,14-15H,2-3,6-9H2;1H. The van der Waals surface area contributed by atoms with Gasteiger partial charge >= 0.3 is 0 Å². The summed E-state index contributed by atoms with van der Waals surface area (Å²) >= 11 is 1.03. The zero-order chi connectivity index (χ0) is 14.7. The van der Waals surface area contributed by atoms with Gasteiger partial charge in [-0.05, 0) is 50.4 Å². The molecule has 122 valence electrons. The molecule has 1 aromatic heterocycles. The third kappa shape index (κ3) is 3.94. The first kappa shape index (κ1) is 17.6. The molecule has 0 bridgehead atoms. The molecule has 0 radical (unpaired) electrons. The van der Waals surface area contributed by atoms with Crippen LogP contribution in [0.2, 0.25) is 0 Å². The fraction of sp³-hybridized carbons (Fsp3) is 0.538. The van der Waals surface area contributed by atoms with E-state index in [2.05, 4.69) is 18.8 Å².